The number of amides is 1. The first-order chi connectivity index (χ1) is 7.83. The molecule has 0 spiro atoms. The first-order valence-corrected chi connectivity index (χ1v) is 5.32. The molecule has 0 aliphatic rings. The number of hydrogen-bond donors (Lipinski definition) is 1. The lowest BCUT2D eigenvalue weighted by molar-refractivity contribution is 0.188. The van der Waals surface area contributed by atoms with Gasteiger partial charge in [-0.05, 0) is 25.0 Å². The molecule has 4 heteroatoms. The summed E-state index contributed by atoms with van der Waals surface area (Å²) in [7, 11) is 1.66. The van der Waals surface area contributed by atoms with Gasteiger partial charge in [-0.25, -0.2) is 4.79 Å². The summed E-state index contributed by atoms with van der Waals surface area (Å²) in [6.45, 7) is 1.32. The van der Waals surface area contributed by atoms with Crippen LogP contribution in [0.25, 0.3) is 0 Å². The Balaban J connectivity index is 2.12. The van der Waals surface area contributed by atoms with Gasteiger partial charge in [0, 0.05) is 20.3 Å². The summed E-state index contributed by atoms with van der Waals surface area (Å²) in [5.74, 6) is 0.553. The van der Waals surface area contributed by atoms with Gasteiger partial charge in [0.05, 0.1) is 0 Å². The number of carbonyl (C=O) groups is 1. The molecule has 1 amide bonds. The van der Waals surface area contributed by atoms with E-state index in [0.29, 0.717) is 12.3 Å². The van der Waals surface area contributed by atoms with Gasteiger partial charge < -0.3 is 14.8 Å². The second kappa shape index (κ2) is 7.70. The van der Waals surface area contributed by atoms with Crippen LogP contribution >= 0.6 is 0 Å². The first-order valence-electron chi connectivity index (χ1n) is 5.32. The van der Waals surface area contributed by atoms with E-state index in [1.165, 1.54) is 0 Å². The minimum atomic E-state index is -0.413. The molecule has 0 unspecified atom stereocenters. The van der Waals surface area contributed by atoms with Gasteiger partial charge in [-0.2, -0.15) is 0 Å². The standard InChI is InChI=1S/C12H17NO3/c1-15-10-6-5-9-13-12(14)16-11-7-3-2-4-8-11/h2-4,7-8H,5-6,9-10H2,1H3,(H,13,14). The molecule has 0 fully saturated rings. The zero-order valence-corrected chi connectivity index (χ0v) is 9.44. The van der Waals surface area contributed by atoms with Crippen molar-refractivity contribution in [2.75, 3.05) is 20.3 Å². The Morgan fingerprint density at radius 3 is 2.69 bits per heavy atom. The Kier molecular flexibility index (Phi) is 6.03. The zero-order valence-electron chi connectivity index (χ0n) is 9.44. The van der Waals surface area contributed by atoms with Gasteiger partial charge in [0.2, 0.25) is 0 Å². The largest absolute Gasteiger partial charge is 0.412 e. The van der Waals surface area contributed by atoms with Gasteiger partial charge in [0.25, 0.3) is 0 Å². The van der Waals surface area contributed by atoms with Gasteiger partial charge in [0.1, 0.15) is 5.75 Å². The Bertz CT molecular complexity index is 300. The van der Waals surface area contributed by atoms with Crippen molar-refractivity contribution in [2.45, 2.75) is 12.8 Å². The fourth-order valence-electron chi connectivity index (χ4n) is 1.19. The molecule has 0 aromatic heterocycles. The highest BCUT2D eigenvalue weighted by Gasteiger charge is 2.01. The number of carbonyl (C=O) groups excluding carboxylic acids is 1. The van der Waals surface area contributed by atoms with Crippen LogP contribution in [0.3, 0.4) is 0 Å². The summed E-state index contributed by atoms with van der Waals surface area (Å²) in [6.07, 6.45) is 1.41. The van der Waals surface area contributed by atoms with Crippen LogP contribution in [0.1, 0.15) is 12.8 Å². The lowest BCUT2D eigenvalue weighted by atomic mass is 10.3. The number of para-hydroxylation sites is 1. The number of unbranched alkanes of at least 4 members (excludes halogenated alkanes) is 1. The van der Waals surface area contributed by atoms with Crippen molar-refractivity contribution >= 4 is 6.09 Å². The lowest BCUT2D eigenvalue weighted by Crippen LogP contribution is -2.27. The Morgan fingerprint density at radius 2 is 2.00 bits per heavy atom. The number of ether oxygens (including phenoxy) is 2. The summed E-state index contributed by atoms with van der Waals surface area (Å²) in [5.41, 5.74) is 0. The van der Waals surface area contributed by atoms with Gasteiger partial charge in [-0.3, -0.25) is 0 Å². The topological polar surface area (TPSA) is 47.6 Å². The molecule has 0 saturated heterocycles. The first kappa shape index (κ1) is 12.5. The maximum atomic E-state index is 11.3. The van der Waals surface area contributed by atoms with E-state index in [-0.39, 0.29) is 0 Å². The smallest absolute Gasteiger partial charge is 0.410 e. The summed E-state index contributed by atoms with van der Waals surface area (Å²) in [5, 5.41) is 2.67. The van der Waals surface area contributed by atoms with Crippen LogP contribution < -0.4 is 10.1 Å². The van der Waals surface area contributed by atoms with E-state index >= 15 is 0 Å². The third-order valence-electron chi connectivity index (χ3n) is 2.00. The summed E-state index contributed by atoms with van der Waals surface area (Å²) >= 11 is 0. The maximum absolute atomic E-state index is 11.3. The number of hydrogen-bond acceptors (Lipinski definition) is 3. The fourth-order valence-corrected chi connectivity index (χ4v) is 1.19. The van der Waals surface area contributed by atoms with Crippen LogP contribution in [0.2, 0.25) is 0 Å². The molecule has 0 aliphatic heterocycles. The highest BCUT2D eigenvalue weighted by molar-refractivity contribution is 5.70. The number of benzene rings is 1. The third kappa shape index (κ3) is 5.36. The molecule has 0 atom stereocenters. The number of nitrogens with one attached hydrogen (secondary N) is 1. The van der Waals surface area contributed by atoms with Crippen molar-refractivity contribution in [3.63, 3.8) is 0 Å². The van der Waals surface area contributed by atoms with E-state index in [1.807, 2.05) is 18.2 Å². The molecule has 1 rings (SSSR count). The van der Waals surface area contributed by atoms with E-state index < -0.39 is 6.09 Å². The van der Waals surface area contributed by atoms with Crippen molar-refractivity contribution in [3.8, 4) is 5.75 Å². The van der Waals surface area contributed by atoms with Crippen LogP contribution in [0.5, 0.6) is 5.75 Å². The van der Waals surface area contributed by atoms with Crippen molar-refractivity contribution in [2.24, 2.45) is 0 Å². The minimum Gasteiger partial charge on any atom is -0.410 e. The van der Waals surface area contributed by atoms with E-state index in [9.17, 15) is 4.79 Å². The Hall–Kier alpha value is -1.55. The van der Waals surface area contributed by atoms with Crippen molar-refractivity contribution in [3.05, 3.63) is 30.3 Å². The number of rotatable bonds is 6. The van der Waals surface area contributed by atoms with Gasteiger partial charge in [-0.1, -0.05) is 18.2 Å². The molecular weight excluding hydrogens is 206 g/mol. The minimum absolute atomic E-state index is 0.413. The lowest BCUT2D eigenvalue weighted by Gasteiger charge is -2.05. The predicted molar refractivity (Wildman–Crippen MR) is 61.6 cm³/mol. The molecule has 0 bridgehead atoms. The fraction of sp³-hybridized carbons (Fsp3) is 0.417. The molecule has 4 nitrogen and oxygen atoms in total. The second-order valence-electron chi connectivity index (χ2n) is 3.33. The van der Waals surface area contributed by atoms with Crippen molar-refractivity contribution in [1.29, 1.82) is 0 Å². The predicted octanol–water partition coefficient (Wildman–Crippen LogP) is 2.20. The van der Waals surface area contributed by atoms with E-state index in [1.54, 1.807) is 19.2 Å². The monoisotopic (exact) mass is 223 g/mol. The van der Waals surface area contributed by atoms with Gasteiger partial charge in [0.15, 0.2) is 0 Å². The quantitative estimate of drug-likeness (QED) is 0.752. The van der Waals surface area contributed by atoms with E-state index in [2.05, 4.69) is 5.32 Å². The van der Waals surface area contributed by atoms with E-state index in [4.69, 9.17) is 9.47 Å². The molecule has 1 aromatic rings. The second-order valence-corrected chi connectivity index (χ2v) is 3.33. The van der Waals surface area contributed by atoms with Crippen LogP contribution in [-0.2, 0) is 4.74 Å². The molecule has 1 N–H and O–H groups in total. The van der Waals surface area contributed by atoms with Crippen LogP contribution in [0.4, 0.5) is 4.79 Å². The molecule has 1 aromatic carbocycles. The van der Waals surface area contributed by atoms with Crippen LogP contribution in [0, 0.1) is 0 Å². The normalized spacial score (nSPS) is 9.81. The Morgan fingerprint density at radius 1 is 1.25 bits per heavy atom. The summed E-state index contributed by atoms with van der Waals surface area (Å²) < 4.78 is 9.94. The molecule has 0 radical (unpaired) electrons. The van der Waals surface area contributed by atoms with E-state index in [0.717, 1.165) is 19.4 Å². The third-order valence-corrected chi connectivity index (χ3v) is 2.00. The van der Waals surface area contributed by atoms with Gasteiger partial charge >= 0.3 is 6.09 Å². The molecule has 0 aliphatic carbocycles. The molecular formula is C12H17NO3. The van der Waals surface area contributed by atoms with Crippen LogP contribution in [0.15, 0.2) is 30.3 Å². The molecule has 0 saturated carbocycles. The Labute approximate surface area is 95.6 Å². The molecule has 0 heterocycles. The van der Waals surface area contributed by atoms with Crippen LogP contribution in [-0.4, -0.2) is 26.4 Å². The van der Waals surface area contributed by atoms with Crippen molar-refractivity contribution < 1.29 is 14.3 Å². The maximum Gasteiger partial charge on any atom is 0.412 e. The highest BCUT2D eigenvalue weighted by atomic mass is 16.6. The summed E-state index contributed by atoms with van der Waals surface area (Å²) in [4.78, 5) is 11.3. The molecule has 16 heavy (non-hydrogen) atoms. The number of methoxy groups -OCH3 is 1. The van der Waals surface area contributed by atoms with Gasteiger partial charge in [-0.15, -0.1) is 0 Å². The molecule has 88 valence electrons. The SMILES string of the molecule is COCCCCNC(=O)Oc1ccccc1. The highest BCUT2D eigenvalue weighted by Crippen LogP contribution is 2.07. The average molecular weight is 223 g/mol. The van der Waals surface area contributed by atoms with Crippen molar-refractivity contribution in [1.82, 2.24) is 5.32 Å². The summed E-state index contributed by atoms with van der Waals surface area (Å²) in [6, 6.07) is 8.99. The average Bonchev–Trinajstić information content (AvgIpc) is 2.30. The zero-order chi connectivity index (χ0) is 11.6.